The Hall–Kier alpha value is -2.44. The molecule has 0 amide bonds. The van der Waals surface area contributed by atoms with Gasteiger partial charge in [-0.1, -0.05) is 12.1 Å². The van der Waals surface area contributed by atoms with Gasteiger partial charge in [-0.25, -0.2) is 0 Å². The molecule has 6 heteroatoms. The third kappa shape index (κ3) is 7.76. The van der Waals surface area contributed by atoms with Gasteiger partial charge < -0.3 is 29.6 Å². The Morgan fingerprint density at radius 2 is 0.900 bits per heavy atom. The molecule has 0 spiro atoms. The maximum absolute atomic E-state index is 5.69. The highest BCUT2D eigenvalue weighted by Gasteiger charge is 2.07. The van der Waals surface area contributed by atoms with Crippen LogP contribution in [0, 0.1) is 0 Å². The Morgan fingerprint density at radius 3 is 1.27 bits per heavy atom. The summed E-state index contributed by atoms with van der Waals surface area (Å²) in [4.78, 5) is 0. The van der Waals surface area contributed by atoms with Crippen LogP contribution < -0.4 is 29.6 Å². The lowest BCUT2D eigenvalue weighted by Crippen LogP contribution is -2.26. The molecule has 0 unspecified atom stereocenters. The summed E-state index contributed by atoms with van der Waals surface area (Å²) in [5.74, 6) is 3.20. The van der Waals surface area contributed by atoms with E-state index in [1.165, 1.54) is 11.1 Å². The molecule has 0 radical (unpaired) electrons. The lowest BCUT2D eigenvalue weighted by atomic mass is 10.2. The zero-order chi connectivity index (χ0) is 21.6. The van der Waals surface area contributed by atoms with Crippen molar-refractivity contribution in [1.29, 1.82) is 0 Å². The van der Waals surface area contributed by atoms with Gasteiger partial charge in [-0.3, -0.25) is 0 Å². The smallest absolute Gasteiger partial charge is 0.161 e. The molecule has 2 aromatic carbocycles. The van der Waals surface area contributed by atoms with Crippen LogP contribution in [0.3, 0.4) is 0 Å². The molecule has 166 valence electrons. The lowest BCUT2D eigenvalue weighted by molar-refractivity contribution is 0.287. The van der Waals surface area contributed by atoms with E-state index in [1.54, 1.807) is 0 Å². The average Bonchev–Trinajstić information content (AvgIpc) is 2.74. The zero-order valence-corrected chi connectivity index (χ0v) is 18.8. The molecule has 2 aromatic rings. The molecule has 0 fully saturated rings. The van der Waals surface area contributed by atoms with E-state index in [9.17, 15) is 0 Å². The van der Waals surface area contributed by atoms with Crippen molar-refractivity contribution in [3.05, 3.63) is 47.5 Å². The zero-order valence-electron chi connectivity index (χ0n) is 18.8. The fourth-order valence-electron chi connectivity index (χ4n) is 3.05. The number of hydrogen-bond acceptors (Lipinski definition) is 6. The molecule has 0 atom stereocenters. The van der Waals surface area contributed by atoms with E-state index in [2.05, 4.69) is 22.8 Å². The largest absolute Gasteiger partial charge is 0.490 e. The number of benzene rings is 2. The van der Waals surface area contributed by atoms with Gasteiger partial charge in [0.05, 0.1) is 26.4 Å². The molecule has 0 bridgehead atoms. The first-order valence-electron chi connectivity index (χ1n) is 10.9. The van der Waals surface area contributed by atoms with Gasteiger partial charge in [0.15, 0.2) is 23.0 Å². The van der Waals surface area contributed by atoms with Crippen LogP contribution in [0.5, 0.6) is 23.0 Å². The van der Waals surface area contributed by atoms with Gasteiger partial charge >= 0.3 is 0 Å². The summed E-state index contributed by atoms with van der Waals surface area (Å²) < 4.78 is 22.6. The SMILES string of the molecule is CCOc1ccc(CNCCNCc2ccc(OCC)c(OCC)c2)cc1OCC. The molecule has 0 aliphatic heterocycles. The molecule has 2 rings (SSSR count). The van der Waals surface area contributed by atoms with Crippen LogP contribution in [0.4, 0.5) is 0 Å². The number of nitrogens with one attached hydrogen (secondary N) is 2. The van der Waals surface area contributed by atoms with Gasteiger partial charge in [0, 0.05) is 26.2 Å². The molecule has 0 saturated heterocycles. The minimum Gasteiger partial charge on any atom is -0.490 e. The van der Waals surface area contributed by atoms with Gasteiger partial charge in [-0.05, 0) is 63.1 Å². The highest BCUT2D eigenvalue weighted by atomic mass is 16.5. The van der Waals surface area contributed by atoms with E-state index in [0.717, 1.165) is 49.2 Å². The van der Waals surface area contributed by atoms with Gasteiger partial charge in [0.1, 0.15) is 0 Å². The molecule has 30 heavy (non-hydrogen) atoms. The Labute approximate surface area is 180 Å². The molecule has 2 N–H and O–H groups in total. The van der Waals surface area contributed by atoms with E-state index < -0.39 is 0 Å². The summed E-state index contributed by atoms with van der Waals surface area (Å²) in [6.07, 6.45) is 0. The lowest BCUT2D eigenvalue weighted by Gasteiger charge is -2.14. The van der Waals surface area contributed by atoms with Crippen molar-refractivity contribution in [2.75, 3.05) is 39.5 Å². The second-order valence-corrected chi connectivity index (χ2v) is 6.65. The van der Waals surface area contributed by atoms with Crippen molar-refractivity contribution in [1.82, 2.24) is 10.6 Å². The average molecular weight is 417 g/mol. The summed E-state index contributed by atoms with van der Waals surface area (Å²) in [6.45, 7) is 13.7. The van der Waals surface area contributed by atoms with Crippen molar-refractivity contribution < 1.29 is 18.9 Å². The van der Waals surface area contributed by atoms with E-state index in [-0.39, 0.29) is 0 Å². The maximum atomic E-state index is 5.69. The van der Waals surface area contributed by atoms with Crippen LogP contribution >= 0.6 is 0 Å². The molecule has 0 heterocycles. The first-order chi connectivity index (χ1) is 14.7. The predicted molar refractivity (Wildman–Crippen MR) is 121 cm³/mol. The fourth-order valence-corrected chi connectivity index (χ4v) is 3.05. The summed E-state index contributed by atoms with van der Waals surface area (Å²) in [7, 11) is 0. The number of ether oxygens (including phenoxy) is 4. The van der Waals surface area contributed by atoms with E-state index in [4.69, 9.17) is 18.9 Å². The Bertz CT molecular complexity index is 688. The van der Waals surface area contributed by atoms with Crippen molar-refractivity contribution in [2.45, 2.75) is 40.8 Å². The molecule has 6 nitrogen and oxygen atoms in total. The molecule has 0 aliphatic rings. The monoisotopic (exact) mass is 416 g/mol. The number of rotatable bonds is 15. The molecular formula is C24H36N2O4. The van der Waals surface area contributed by atoms with Crippen molar-refractivity contribution >= 4 is 0 Å². The second kappa shape index (κ2) is 13.7. The highest BCUT2D eigenvalue weighted by molar-refractivity contribution is 5.43. The normalized spacial score (nSPS) is 10.7. The summed E-state index contributed by atoms with van der Waals surface area (Å²) in [5.41, 5.74) is 2.35. The summed E-state index contributed by atoms with van der Waals surface area (Å²) >= 11 is 0. The van der Waals surface area contributed by atoms with Gasteiger partial charge in [-0.15, -0.1) is 0 Å². The molecule has 0 aromatic heterocycles. The van der Waals surface area contributed by atoms with Gasteiger partial charge in [0.2, 0.25) is 0 Å². The predicted octanol–water partition coefficient (Wildman–Crippen LogP) is 4.16. The van der Waals surface area contributed by atoms with Crippen LogP contribution in [0.15, 0.2) is 36.4 Å². The van der Waals surface area contributed by atoms with Crippen molar-refractivity contribution in [3.8, 4) is 23.0 Å². The Kier molecular flexibility index (Phi) is 10.9. The van der Waals surface area contributed by atoms with Gasteiger partial charge in [0.25, 0.3) is 0 Å². The molecule has 0 aliphatic carbocycles. The van der Waals surface area contributed by atoms with Crippen molar-refractivity contribution in [3.63, 3.8) is 0 Å². The third-order valence-corrected chi connectivity index (χ3v) is 4.35. The minimum absolute atomic E-state index is 0.622. The summed E-state index contributed by atoms with van der Waals surface area (Å²) in [6, 6.07) is 12.2. The number of hydrogen-bond donors (Lipinski definition) is 2. The standard InChI is InChI=1S/C24H36N2O4/c1-5-27-21-11-9-19(15-23(21)29-7-3)17-25-13-14-26-18-20-10-12-22(28-6-2)24(16-20)30-8-4/h9-12,15-16,25-26H,5-8,13-14,17-18H2,1-4H3. The Balaban J connectivity index is 1.75. The van der Waals surface area contributed by atoms with E-state index >= 15 is 0 Å². The van der Waals surface area contributed by atoms with E-state index in [0.29, 0.717) is 26.4 Å². The summed E-state index contributed by atoms with van der Waals surface area (Å²) in [5, 5.41) is 6.93. The van der Waals surface area contributed by atoms with Crippen LogP contribution in [-0.2, 0) is 13.1 Å². The van der Waals surface area contributed by atoms with Crippen molar-refractivity contribution in [2.24, 2.45) is 0 Å². The molecular weight excluding hydrogens is 380 g/mol. The quantitative estimate of drug-likeness (QED) is 0.425. The van der Waals surface area contributed by atoms with Crippen LogP contribution in [0.1, 0.15) is 38.8 Å². The van der Waals surface area contributed by atoms with Gasteiger partial charge in [-0.2, -0.15) is 0 Å². The Morgan fingerprint density at radius 1 is 0.533 bits per heavy atom. The maximum Gasteiger partial charge on any atom is 0.161 e. The third-order valence-electron chi connectivity index (χ3n) is 4.35. The highest BCUT2D eigenvalue weighted by Crippen LogP contribution is 2.29. The first kappa shape index (κ1) is 23.8. The van der Waals surface area contributed by atoms with Crippen LogP contribution in [-0.4, -0.2) is 39.5 Å². The topological polar surface area (TPSA) is 61.0 Å². The second-order valence-electron chi connectivity index (χ2n) is 6.65. The van der Waals surface area contributed by atoms with E-state index in [1.807, 2.05) is 52.0 Å². The van der Waals surface area contributed by atoms with Crippen LogP contribution in [0.25, 0.3) is 0 Å². The fraction of sp³-hybridized carbons (Fsp3) is 0.500. The minimum atomic E-state index is 0.622. The molecule has 0 saturated carbocycles. The van der Waals surface area contributed by atoms with Crippen LogP contribution in [0.2, 0.25) is 0 Å². The first-order valence-corrected chi connectivity index (χ1v) is 10.9.